The van der Waals surface area contributed by atoms with Crippen LogP contribution in [0.1, 0.15) is 22.8 Å². The lowest BCUT2D eigenvalue weighted by Crippen LogP contribution is -2.02. The van der Waals surface area contributed by atoms with E-state index in [1.54, 1.807) is 36.7 Å². The van der Waals surface area contributed by atoms with Gasteiger partial charge in [0, 0.05) is 23.0 Å². The molecule has 98 valence electrons. The highest BCUT2D eigenvalue weighted by atomic mass is 35.5. The molecule has 5 heteroatoms. The predicted molar refractivity (Wildman–Crippen MR) is 75.0 cm³/mol. The number of ketones is 1. The van der Waals surface area contributed by atoms with Crippen molar-refractivity contribution < 1.29 is 9.53 Å². The zero-order valence-electron chi connectivity index (χ0n) is 10.2. The van der Waals surface area contributed by atoms with Gasteiger partial charge in [-0.3, -0.25) is 9.78 Å². The number of pyridine rings is 1. The van der Waals surface area contributed by atoms with E-state index in [9.17, 15) is 4.79 Å². The normalized spacial score (nSPS) is 10.3. The van der Waals surface area contributed by atoms with Crippen molar-refractivity contribution in [3.8, 4) is 5.75 Å². The van der Waals surface area contributed by atoms with Crippen molar-refractivity contribution in [1.29, 1.82) is 0 Å². The minimum absolute atomic E-state index is 0.0988. The number of Topliss-reactive ketones (excluding diaryl/α,β-unsaturated/α-hetero) is 1. The Hall–Kier alpha value is -1.58. The van der Waals surface area contributed by atoms with Gasteiger partial charge < -0.3 is 4.74 Å². The van der Waals surface area contributed by atoms with Crippen LogP contribution in [0, 0.1) is 0 Å². The molecule has 1 aromatic carbocycles. The first-order chi connectivity index (χ1) is 9.08. The molecule has 0 bridgehead atoms. The molecule has 0 aliphatic rings. The van der Waals surface area contributed by atoms with Crippen molar-refractivity contribution >= 4 is 29.0 Å². The Morgan fingerprint density at radius 3 is 2.79 bits per heavy atom. The van der Waals surface area contributed by atoms with E-state index in [1.165, 1.54) is 6.92 Å². The average molecular weight is 296 g/mol. The molecule has 0 atom stereocenters. The van der Waals surface area contributed by atoms with Crippen LogP contribution in [0.4, 0.5) is 0 Å². The fraction of sp³-hybridized carbons (Fsp3) is 0.143. The Bertz CT molecular complexity index is 614. The maximum Gasteiger partial charge on any atom is 0.163 e. The second-order valence-electron chi connectivity index (χ2n) is 3.95. The summed E-state index contributed by atoms with van der Waals surface area (Å²) in [6, 6.07) is 6.71. The van der Waals surface area contributed by atoms with E-state index < -0.39 is 0 Å². The Morgan fingerprint density at radius 2 is 2.11 bits per heavy atom. The zero-order valence-corrected chi connectivity index (χ0v) is 11.7. The highest BCUT2D eigenvalue weighted by Gasteiger charge is 2.10. The molecule has 0 fully saturated rings. The second kappa shape index (κ2) is 6.04. The molecular weight excluding hydrogens is 285 g/mol. The van der Waals surface area contributed by atoms with E-state index in [4.69, 9.17) is 27.9 Å². The first-order valence-corrected chi connectivity index (χ1v) is 6.35. The molecule has 2 rings (SSSR count). The average Bonchev–Trinajstić information content (AvgIpc) is 2.38. The van der Waals surface area contributed by atoms with Crippen molar-refractivity contribution in [1.82, 2.24) is 4.98 Å². The number of carbonyl (C=O) groups excluding carboxylic acids is 1. The first-order valence-electron chi connectivity index (χ1n) is 5.59. The number of carbonyl (C=O) groups is 1. The molecule has 0 aliphatic heterocycles. The maximum atomic E-state index is 11.5. The van der Waals surface area contributed by atoms with Crippen LogP contribution in [-0.2, 0) is 6.61 Å². The van der Waals surface area contributed by atoms with Crippen LogP contribution in [0.5, 0.6) is 5.75 Å². The molecule has 1 aromatic heterocycles. The molecule has 0 radical (unpaired) electrons. The van der Waals surface area contributed by atoms with E-state index in [0.717, 1.165) is 5.56 Å². The molecule has 0 aliphatic carbocycles. The van der Waals surface area contributed by atoms with Gasteiger partial charge in [0.15, 0.2) is 5.78 Å². The van der Waals surface area contributed by atoms with E-state index >= 15 is 0 Å². The van der Waals surface area contributed by atoms with Gasteiger partial charge in [0.05, 0.1) is 10.6 Å². The van der Waals surface area contributed by atoms with Gasteiger partial charge in [-0.1, -0.05) is 23.2 Å². The van der Waals surface area contributed by atoms with Crippen molar-refractivity contribution in [2.24, 2.45) is 0 Å². The summed E-state index contributed by atoms with van der Waals surface area (Å²) in [5, 5.41) is 1.03. The van der Waals surface area contributed by atoms with Gasteiger partial charge in [-0.25, -0.2) is 0 Å². The lowest BCUT2D eigenvalue weighted by atomic mass is 10.1. The molecule has 2 aromatic rings. The number of rotatable bonds is 4. The number of nitrogens with zero attached hydrogens (tertiary/aromatic N) is 1. The SMILES string of the molecule is CC(=O)c1cc(Cl)ccc1OCc1ccncc1Cl. The summed E-state index contributed by atoms with van der Waals surface area (Å²) < 4.78 is 5.63. The molecule has 0 unspecified atom stereocenters. The van der Waals surface area contributed by atoms with Gasteiger partial charge in [-0.05, 0) is 31.2 Å². The summed E-state index contributed by atoms with van der Waals surface area (Å²) >= 11 is 11.9. The summed E-state index contributed by atoms with van der Waals surface area (Å²) in [4.78, 5) is 15.4. The minimum atomic E-state index is -0.0988. The number of halogens is 2. The van der Waals surface area contributed by atoms with Gasteiger partial charge in [-0.2, -0.15) is 0 Å². The smallest absolute Gasteiger partial charge is 0.163 e. The number of benzene rings is 1. The quantitative estimate of drug-likeness (QED) is 0.795. The van der Waals surface area contributed by atoms with Crippen molar-refractivity contribution in [2.45, 2.75) is 13.5 Å². The largest absolute Gasteiger partial charge is 0.488 e. The van der Waals surface area contributed by atoms with Crippen LogP contribution in [0.2, 0.25) is 10.0 Å². The minimum Gasteiger partial charge on any atom is -0.488 e. The Kier molecular flexibility index (Phi) is 4.40. The lowest BCUT2D eigenvalue weighted by Gasteiger charge is -2.10. The molecule has 3 nitrogen and oxygen atoms in total. The molecular formula is C14H11Cl2NO2. The number of hydrogen-bond acceptors (Lipinski definition) is 3. The van der Waals surface area contributed by atoms with Crippen molar-refractivity contribution in [3.05, 3.63) is 57.8 Å². The first kappa shape index (κ1) is 13.8. The number of ether oxygens (including phenoxy) is 1. The van der Waals surface area contributed by atoms with Gasteiger partial charge in [0.25, 0.3) is 0 Å². The molecule has 0 saturated carbocycles. The monoisotopic (exact) mass is 295 g/mol. The van der Waals surface area contributed by atoms with E-state index in [-0.39, 0.29) is 12.4 Å². The van der Waals surface area contributed by atoms with Gasteiger partial charge in [0.1, 0.15) is 12.4 Å². The summed E-state index contributed by atoms with van der Waals surface area (Å²) in [5.41, 5.74) is 1.26. The summed E-state index contributed by atoms with van der Waals surface area (Å²) in [6.45, 7) is 1.74. The zero-order chi connectivity index (χ0) is 13.8. The topological polar surface area (TPSA) is 39.2 Å². The molecule has 1 heterocycles. The second-order valence-corrected chi connectivity index (χ2v) is 4.80. The van der Waals surface area contributed by atoms with Gasteiger partial charge in [0.2, 0.25) is 0 Å². The standard InChI is InChI=1S/C14H11Cl2NO2/c1-9(18)12-6-11(15)2-3-14(12)19-8-10-4-5-17-7-13(10)16/h2-7H,8H2,1H3. The fourth-order valence-corrected chi connectivity index (χ4v) is 1.93. The van der Waals surface area contributed by atoms with Gasteiger partial charge >= 0.3 is 0 Å². The highest BCUT2D eigenvalue weighted by molar-refractivity contribution is 6.31. The van der Waals surface area contributed by atoms with Crippen LogP contribution in [0.3, 0.4) is 0 Å². The summed E-state index contributed by atoms with van der Waals surface area (Å²) in [6.07, 6.45) is 3.19. The van der Waals surface area contributed by atoms with E-state index in [1.807, 2.05) is 0 Å². The van der Waals surface area contributed by atoms with E-state index in [0.29, 0.717) is 21.4 Å². The van der Waals surface area contributed by atoms with Crippen LogP contribution in [-0.4, -0.2) is 10.8 Å². The Balaban J connectivity index is 2.20. The van der Waals surface area contributed by atoms with Crippen LogP contribution in [0.15, 0.2) is 36.7 Å². The third kappa shape index (κ3) is 3.46. The summed E-state index contributed by atoms with van der Waals surface area (Å²) in [5.74, 6) is 0.392. The fourth-order valence-electron chi connectivity index (χ4n) is 1.58. The van der Waals surface area contributed by atoms with E-state index in [2.05, 4.69) is 4.98 Å². The van der Waals surface area contributed by atoms with Crippen LogP contribution in [0.25, 0.3) is 0 Å². The third-order valence-corrected chi connectivity index (χ3v) is 3.14. The van der Waals surface area contributed by atoms with Crippen LogP contribution >= 0.6 is 23.2 Å². The summed E-state index contributed by atoms with van der Waals surface area (Å²) in [7, 11) is 0. The van der Waals surface area contributed by atoms with Crippen molar-refractivity contribution in [3.63, 3.8) is 0 Å². The van der Waals surface area contributed by atoms with Crippen LogP contribution < -0.4 is 4.74 Å². The molecule has 0 saturated heterocycles. The molecule has 0 spiro atoms. The third-order valence-electron chi connectivity index (χ3n) is 2.56. The number of hydrogen-bond donors (Lipinski definition) is 0. The Morgan fingerprint density at radius 1 is 1.32 bits per heavy atom. The molecule has 0 N–H and O–H groups in total. The predicted octanol–water partition coefficient (Wildman–Crippen LogP) is 4.17. The Labute approximate surface area is 121 Å². The van der Waals surface area contributed by atoms with Gasteiger partial charge in [-0.15, -0.1) is 0 Å². The van der Waals surface area contributed by atoms with Crippen molar-refractivity contribution in [2.75, 3.05) is 0 Å². The molecule has 0 amide bonds. The number of aromatic nitrogens is 1. The molecule has 19 heavy (non-hydrogen) atoms. The highest BCUT2D eigenvalue weighted by Crippen LogP contribution is 2.25. The lowest BCUT2D eigenvalue weighted by molar-refractivity contribution is 0.101. The maximum absolute atomic E-state index is 11.5.